The number of halogens is 1. The summed E-state index contributed by atoms with van der Waals surface area (Å²) < 4.78 is 29.4. The largest absolute Gasteiger partial charge is 0.350 e. The van der Waals surface area contributed by atoms with Crippen molar-refractivity contribution in [1.29, 1.82) is 0 Å². The molecule has 1 atom stereocenters. The third-order valence-corrected chi connectivity index (χ3v) is 9.46. The lowest BCUT2D eigenvalue weighted by Gasteiger charge is -2.35. The molecule has 4 aromatic rings. The third-order valence-electron chi connectivity index (χ3n) is 7.42. The van der Waals surface area contributed by atoms with E-state index in [1.165, 1.54) is 17.0 Å². The Morgan fingerprint density at radius 1 is 0.800 bits per heavy atom. The Labute approximate surface area is 271 Å². The normalized spacial score (nSPS) is 12.3. The number of carbonyl (C=O) groups is 2. The maximum absolute atomic E-state index is 14.5. The molecule has 45 heavy (non-hydrogen) atoms. The number of carbonyl (C=O) groups excluding carboxylic acids is 2. The van der Waals surface area contributed by atoms with Crippen LogP contribution in [0.25, 0.3) is 0 Å². The minimum Gasteiger partial charge on any atom is -0.350 e. The molecule has 0 saturated heterocycles. The van der Waals surface area contributed by atoms with Gasteiger partial charge in [0, 0.05) is 23.5 Å². The summed E-state index contributed by atoms with van der Waals surface area (Å²) in [6.07, 6.45) is 0.233. The molecule has 4 rings (SSSR count). The Morgan fingerprint density at radius 2 is 1.40 bits per heavy atom. The van der Waals surface area contributed by atoms with E-state index in [-0.39, 0.29) is 23.8 Å². The van der Waals surface area contributed by atoms with Gasteiger partial charge in [-0.15, -0.1) is 0 Å². The van der Waals surface area contributed by atoms with E-state index < -0.39 is 34.1 Å². The first-order valence-corrected chi connectivity index (χ1v) is 16.6. The summed E-state index contributed by atoms with van der Waals surface area (Å²) in [5, 5.41) is 3.58. The number of hydrogen-bond acceptors (Lipinski definition) is 4. The first kappa shape index (κ1) is 33.7. The highest BCUT2D eigenvalue weighted by Gasteiger charge is 2.35. The molecule has 0 aromatic heterocycles. The number of benzene rings is 4. The molecule has 1 N–H and O–H groups in total. The van der Waals surface area contributed by atoms with Gasteiger partial charge < -0.3 is 10.2 Å². The summed E-state index contributed by atoms with van der Waals surface area (Å²) in [7, 11) is -4.16. The van der Waals surface area contributed by atoms with Gasteiger partial charge in [-0.2, -0.15) is 0 Å². The highest BCUT2D eigenvalue weighted by atomic mass is 35.5. The lowest BCUT2D eigenvalue weighted by molar-refractivity contribution is -0.140. The van der Waals surface area contributed by atoms with Crippen molar-refractivity contribution < 1.29 is 18.0 Å². The van der Waals surface area contributed by atoms with E-state index in [9.17, 15) is 18.0 Å². The van der Waals surface area contributed by atoms with E-state index in [2.05, 4.69) is 5.32 Å². The summed E-state index contributed by atoms with van der Waals surface area (Å²) in [6.45, 7) is 9.03. The van der Waals surface area contributed by atoms with Crippen LogP contribution in [-0.2, 0) is 32.6 Å². The van der Waals surface area contributed by atoms with E-state index >= 15 is 0 Å². The highest BCUT2D eigenvalue weighted by molar-refractivity contribution is 7.92. The van der Waals surface area contributed by atoms with Gasteiger partial charge in [-0.25, -0.2) is 8.42 Å². The topological polar surface area (TPSA) is 86.8 Å². The summed E-state index contributed by atoms with van der Waals surface area (Å²) in [4.78, 5) is 30.0. The van der Waals surface area contributed by atoms with Gasteiger partial charge in [0.25, 0.3) is 10.0 Å². The fourth-order valence-corrected chi connectivity index (χ4v) is 6.48. The second kappa shape index (κ2) is 14.3. The Balaban J connectivity index is 1.82. The molecule has 2 amide bonds. The van der Waals surface area contributed by atoms with Crippen LogP contribution in [0.2, 0.25) is 5.02 Å². The lowest BCUT2D eigenvalue weighted by atomic mass is 10.0. The van der Waals surface area contributed by atoms with Crippen molar-refractivity contribution in [3.05, 3.63) is 130 Å². The van der Waals surface area contributed by atoms with Gasteiger partial charge in [-0.1, -0.05) is 78.3 Å². The maximum atomic E-state index is 14.5. The monoisotopic (exact) mass is 645 g/mol. The predicted molar refractivity (Wildman–Crippen MR) is 181 cm³/mol. The molecule has 236 valence electrons. The molecular formula is C36H40ClN3O4S. The molecule has 0 heterocycles. The van der Waals surface area contributed by atoms with Crippen molar-refractivity contribution in [1.82, 2.24) is 10.2 Å². The SMILES string of the molecule is Cc1ccc(N(CC(=O)N(Cc2ccc(Cl)cc2)C(Cc2ccccc2)C(=O)NC(C)(C)C)S(=O)(=O)c2ccccc2)cc1C. The molecule has 0 aliphatic rings. The van der Waals surface area contributed by atoms with Crippen molar-refractivity contribution in [3.8, 4) is 0 Å². The van der Waals surface area contributed by atoms with E-state index in [4.69, 9.17) is 11.6 Å². The molecule has 0 aliphatic heterocycles. The van der Waals surface area contributed by atoms with Crippen LogP contribution in [0.1, 0.15) is 43.0 Å². The summed E-state index contributed by atoms with van der Waals surface area (Å²) in [5.41, 5.74) is 3.29. The van der Waals surface area contributed by atoms with Crippen LogP contribution in [0.15, 0.2) is 108 Å². The number of anilines is 1. The molecule has 7 nitrogen and oxygen atoms in total. The van der Waals surface area contributed by atoms with Crippen LogP contribution in [0, 0.1) is 13.8 Å². The van der Waals surface area contributed by atoms with Gasteiger partial charge in [-0.05, 0) is 93.3 Å². The fourth-order valence-electron chi connectivity index (χ4n) is 4.92. The summed E-state index contributed by atoms with van der Waals surface area (Å²) in [6, 6.07) is 28.9. The Hall–Kier alpha value is -4.14. The number of aryl methyl sites for hydroxylation is 2. The van der Waals surface area contributed by atoms with Crippen molar-refractivity contribution >= 4 is 39.1 Å². The van der Waals surface area contributed by atoms with Gasteiger partial charge in [0.1, 0.15) is 12.6 Å². The van der Waals surface area contributed by atoms with Gasteiger partial charge in [0.15, 0.2) is 0 Å². The minimum absolute atomic E-state index is 0.0617. The molecule has 0 aliphatic carbocycles. The Kier molecular flexibility index (Phi) is 10.7. The second-order valence-electron chi connectivity index (χ2n) is 12.2. The van der Waals surface area contributed by atoms with Gasteiger partial charge in [0.05, 0.1) is 10.6 Å². The smallest absolute Gasteiger partial charge is 0.264 e. The van der Waals surface area contributed by atoms with Crippen LogP contribution in [0.3, 0.4) is 0 Å². The Morgan fingerprint density at radius 3 is 1.98 bits per heavy atom. The van der Waals surface area contributed by atoms with E-state index in [1.807, 2.05) is 71.0 Å². The quantitative estimate of drug-likeness (QED) is 0.197. The average molecular weight is 646 g/mol. The molecule has 0 bridgehead atoms. The van der Waals surface area contributed by atoms with Gasteiger partial charge >= 0.3 is 0 Å². The number of hydrogen-bond donors (Lipinski definition) is 1. The van der Waals surface area contributed by atoms with E-state index in [0.717, 1.165) is 26.6 Å². The predicted octanol–water partition coefficient (Wildman–Crippen LogP) is 6.71. The van der Waals surface area contributed by atoms with Crippen molar-refractivity contribution in [2.75, 3.05) is 10.8 Å². The van der Waals surface area contributed by atoms with E-state index in [0.29, 0.717) is 10.7 Å². The zero-order valence-electron chi connectivity index (χ0n) is 26.3. The Bertz CT molecular complexity index is 1720. The van der Waals surface area contributed by atoms with Crippen molar-refractivity contribution in [2.24, 2.45) is 0 Å². The molecule has 0 spiro atoms. The maximum Gasteiger partial charge on any atom is 0.264 e. The van der Waals surface area contributed by atoms with Crippen LogP contribution >= 0.6 is 11.6 Å². The van der Waals surface area contributed by atoms with Crippen molar-refractivity contribution in [3.63, 3.8) is 0 Å². The van der Waals surface area contributed by atoms with Gasteiger partial charge in [0.2, 0.25) is 11.8 Å². The highest BCUT2D eigenvalue weighted by Crippen LogP contribution is 2.27. The van der Waals surface area contributed by atoms with Crippen LogP contribution in [0.5, 0.6) is 0 Å². The standard InChI is InChI=1S/C36H40ClN3O4S/c1-26-16-21-31(22-27(26)2)40(45(43,44)32-14-10-7-11-15-32)25-34(41)39(24-29-17-19-30(37)20-18-29)33(35(42)38-36(3,4)5)23-28-12-8-6-9-13-28/h6-22,33H,23-25H2,1-5H3,(H,38,42). The molecule has 4 aromatic carbocycles. The average Bonchev–Trinajstić information content (AvgIpc) is 3.00. The molecular weight excluding hydrogens is 606 g/mol. The molecule has 1 unspecified atom stereocenters. The van der Waals surface area contributed by atoms with E-state index in [1.54, 1.807) is 54.6 Å². The number of nitrogens with one attached hydrogen (secondary N) is 1. The molecule has 0 saturated carbocycles. The van der Waals surface area contributed by atoms with Crippen LogP contribution in [0.4, 0.5) is 5.69 Å². The first-order chi connectivity index (χ1) is 21.2. The fraction of sp³-hybridized carbons (Fsp3) is 0.278. The number of sulfonamides is 1. The molecule has 0 fully saturated rings. The summed E-state index contributed by atoms with van der Waals surface area (Å²) in [5.74, 6) is -0.856. The zero-order valence-corrected chi connectivity index (χ0v) is 27.9. The molecule has 9 heteroatoms. The minimum atomic E-state index is -4.16. The lowest BCUT2D eigenvalue weighted by Crippen LogP contribution is -2.56. The van der Waals surface area contributed by atoms with Gasteiger partial charge in [-0.3, -0.25) is 13.9 Å². The summed E-state index contributed by atoms with van der Waals surface area (Å²) >= 11 is 6.15. The first-order valence-electron chi connectivity index (χ1n) is 14.8. The number of amides is 2. The number of nitrogens with zero attached hydrogens (tertiary/aromatic N) is 2. The zero-order chi connectivity index (χ0) is 32.8. The van der Waals surface area contributed by atoms with Crippen molar-refractivity contribution in [2.45, 2.75) is 64.1 Å². The van der Waals surface area contributed by atoms with Crippen LogP contribution < -0.4 is 9.62 Å². The third kappa shape index (κ3) is 8.96. The number of rotatable bonds is 11. The molecule has 0 radical (unpaired) electrons. The van der Waals surface area contributed by atoms with Crippen LogP contribution in [-0.4, -0.2) is 43.3 Å². The second-order valence-corrected chi connectivity index (χ2v) is 14.5.